The quantitative estimate of drug-likeness (QED) is 0.267. The first-order chi connectivity index (χ1) is 2.83. The van der Waals surface area contributed by atoms with Crippen molar-refractivity contribution in [3.8, 4) is 0 Å². The predicted molar refractivity (Wildman–Crippen MR) is 26.0 cm³/mol. The summed E-state index contributed by atoms with van der Waals surface area (Å²) in [5.41, 5.74) is 2.25. The highest BCUT2D eigenvalue weighted by Crippen LogP contribution is 1.30. The Balaban J connectivity index is 0. The molecule has 0 aliphatic heterocycles. The van der Waals surface area contributed by atoms with E-state index in [0.717, 1.165) is 0 Å². The van der Waals surface area contributed by atoms with Crippen molar-refractivity contribution in [2.45, 2.75) is 6.92 Å². The van der Waals surface area contributed by atoms with Crippen molar-refractivity contribution in [2.75, 3.05) is 13.7 Å². The molecule has 0 amide bonds. The lowest BCUT2D eigenvalue weighted by atomic mass is 10.9. The zero-order valence-corrected chi connectivity index (χ0v) is 4.23. The molecule has 0 aliphatic carbocycles. The van der Waals surface area contributed by atoms with E-state index in [9.17, 15) is 0 Å². The highest BCUT2D eigenvalue weighted by atomic mass is 16.2. The van der Waals surface area contributed by atoms with Gasteiger partial charge in [0.1, 0.15) is 0 Å². The summed E-state index contributed by atoms with van der Waals surface area (Å²) in [7, 11) is 1.65. The lowest BCUT2D eigenvalue weighted by molar-refractivity contribution is 0.318. The van der Waals surface area contributed by atoms with Gasteiger partial charge in [0.25, 0.3) is 0 Å². The van der Waals surface area contributed by atoms with E-state index in [1.165, 1.54) is 0 Å². The molecular weight excluding hydrogens is 80.0 g/mol. The van der Waals surface area contributed by atoms with Gasteiger partial charge in [-0.2, -0.15) is 0 Å². The van der Waals surface area contributed by atoms with Gasteiger partial charge < -0.3 is 5.11 Å². The van der Waals surface area contributed by atoms with E-state index < -0.39 is 0 Å². The number of hydrazine groups is 1. The van der Waals surface area contributed by atoms with Gasteiger partial charge in [-0.15, -0.1) is 0 Å². The average Bonchev–Trinajstić information content (AvgIpc) is 1.39. The maximum Gasteiger partial charge on any atom is 0.0402 e. The fraction of sp³-hybridized carbons (Fsp3) is 1.00. The molecule has 0 unspecified atom stereocenters. The first kappa shape index (κ1) is 9.30. The summed E-state index contributed by atoms with van der Waals surface area (Å²) in [6, 6.07) is 0. The van der Waals surface area contributed by atoms with Crippen molar-refractivity contribution < 1.29 is 5.11 Å². The summed E-state index contributed by atoms with van der Waals surface area (Å²) in [4.78, 5) is 0. The molecule has 0 bridgehead atoms. The van der Waals surface area contributed by atoms with Crippen LogP contribution in [0.2, 0.25) is 0 Å². The molecule has 0 heterocycles. The Morgan fingerprint density at radius 2 is 1.83 bits per heavy atom. The zero-order chi connectivity index (χ0) is 5.41. The van der Waals surface area contributed by atoms with Crippen LogP contribution in [0.3, 0.4) is 0 Å². The third kappa shape index (κ3) is 2230. The van der Waals surface area contributed by atoms with Crippen molar-refractivity contribution in [3.63, 3.8) is 0 Å². The number of aliphatic hydroxyl groups is 1. The fourth-order valence-corrected chi connectivity index (χ4v) is 0. The van der Waals surface area contributed by atoms with Gasteiger partial charge in [-0.25, -0.2) is 0 Å². The summed E-state index contributed by atoms with van der Waals surface area (Å²) in [6.07, 6.45) is 0. The predicted octanol–water partition coefficient (Wildman–Crippen LogP) is -0.922. The van der Waals surface area contributed by atoms with Gasteiger partial charge in [0.15, 0.2) is 0 Å². The standard InChI is InChI=1S/C2H6O.CH6N2/c1-2-3;1-3-2/h2*3H,2H2,1H3. The molecule has 4 N–H and O–H groups in total. The molecular formula is C3H12N2O. The monoisotopic (exact) mass is 92.1 g/mol. The molecule has 0 atom stereocenters. The summed E-state index contributed by atoms with van der Waals surface area (Å²) >= 11 is 0. The summed E-state index contributed by atoms with van der Waals surface area (Å²) in [5, 5.41) is 7.57. The maximum absolute atomic E-state index is 7.57. The molecule has 0 aromatic carbocycles. The molecule has 40 valence electrons. The molecule has 0 spiro atoms. The van der Waals surface area contributed by atoms with Crippen molar-refractivity contribution in [2.24, 2.45) is 5.84 Å². The van der Waals surface area contributed by atoms with E-state index in [1.54, 1.807) is 14.0 Å². The first-order valence-corrected chi connectivity index (χ1v) is 1.81. The Bertz CT molecular complexity index is 10.8. The minimum absolute atomic E-state index is 0.250. The molecule has 0 rings (SSSR count). The van der Waals surface area contributed by atoms with E-state index in [1.807, 2.05) is 0 Å². The van der Waals surface area contributed by atoms with E-state index in [-0.39, 0.29) is 6.61 Å². The van der Waals surface area contributed by atoms with Gasteiger partial charge >= 0.3 is 0 Å². The van der Waals surface area contributed by atoms with Crippen LogP contribution in [0.1, 0.15) is 6.92 Å². The molecule has 0 aromatic rings. The number of nitrogens with one attached hydrogen (secondary N) is 1. The minimum Gasteiger partial charge on any atom is -0.397 e. The van der Waals surface area contributed by atoms with Crippen LogP contribution < -0.4 is 11.3 Å². The van der Waals surface area contributed by atoms with Gasteiger partial charge in [-0.05, 0) is 14.0 Å². The normalized spacial score (nSPS) is 6.00. The topological polar surface area (TPSA) is 58.3 Å². The van der Waals surface area contributed by atoms with Crippen LogP contribution in [-0.2, 0) is 0 Å². The first-order valence-electron chi connectivity index (χ1n) is 1.81. The van der Waals surface area contributed by atoms with E-state index in [2.05, 4.69) is 11.3 Å². The fourth-order valence-electron chi connectivity index (χ4n) is 0. The van der Waals surface area contributed by atoms with Gasteiger partial charge in [-0.3, -0.25) is 11.3 Å². The zero-order valence-electron chi connectivity index (χ0n) is 4.23. The Morgan fingerprint density at radius 3 is 1.83 bits per heavy atom. The Kier molecular flexibility index (Phi) is 32.2. The average molecular weight is 92.1 g/mol. The molecule has 0 aromatic heterocycles. The van der Waals surface area contributed by atoms with Gasteiger partial charge in [0, 0.05) is 6.61 Å². The van der Waals surface area contributed by atoms with Crippen LogP contribution in [0.25, 0.3) is 0 Å². The number of hydrogen-bond acceptors (Lipinski definition) is 3. The minimum atomic E-state index is 0.250. The van der Waals surface area contributed by atoms with Crippen LogP contribution in [0, 0.1) is 0 Å². The van der Waals surface area contributed by atoms with Crippen LogP contribution >= 0.6 is 0 Å². The van der Waals surface area contributed by atoms with Crippen LogP contribution in [0.15, 0.2) is 0 Å². The molecule has 0 saturated heterocycles. The third-order valence-electron chi connectivity index (χ3n) is 0. The van der Waals surface area contributed by atoms with Gasteiger partial charge in [-0.1, -0.05) is 0 Å². The molecule has 3 nitrogen and oxygen atoms in total. The molecule has 0 radical (unpaired) electrons. The number of nitrogens with two attached hydrogens (primary N) is 1. The smallest absolute Gasteiger partial charge is 0.0402 e. The molecule has 3 heteroatoms. The number of aliphatic hydroxyl groups excluding tert-OH is 1. The number of rotatable bonds is 0. The van der Waals surface area contributed by atoms with E-state index in [4.69, 9.17) is 5.11 Å². The van der Waals surface area contributed by atoms with Crippen molar-refractivity contribution >= 4 is 0 Å². The van der Waals surface area contributed by atoms with E-state index >= 15 is 0 Å². The summed E-state index contributed by atoms with van der Waals surface area (Å²) in [5.74, 6) is 4.60. The Hall–Kier alpha value is -0.120. The van der Waals surface area contributed by atoms with Crippen molar-refractivity contribution in [1.82, 2.24) is 5.43 Å². The van der Waals surface area contributed by atoms with Gasteiger partial charge in [0.05, 0.1) is 0 Å². The third-order valence-corrected chi connectivity index (χ3v) is 0. The summed E-state index contributed by atoms with van der Waals surface area (Å²) in [6.45, 7) is 1.93. The van der Waals surface area contributed by atoms with Crippen LogP contribution in [0.4, 0.5) is 0 Å². The van der Waals surface area contributed by atoms with Crippen molar-refractivity contribution in [1.29, 1.82) is 0 Å². The highest BCUT2D eigenvalue weighted by Gasteiger charge is 1.34. The van der Waals surface area contributed by atoms with Gasteiger partial charge in [0.2, 0.25) is 0 Å². The SMILES string of the molecule is CCO.CNN. The molecule has 0 aliphatic rings. The molecule has 6 heavy (non-hydrogen) atoms. The largest absolute Gasteiger partial charge is 0.397 e. The van der Waals surface area contributed by atoms with Crippen LogP contribution in [0.5, 0.6) is 0 Å². The lowest BCUT2D eigenvalue weighted by Crippen LogP contribution is -2.13. The maximum atomic E-state index is 7.57. The second-order valence-electron chi connectivity index (χ2n) is 0.605. The van der Waals surface area contributed by atoms with E-state index in [0.29, 0.717) is 0 Å². The highest BCUT2D eigenvalue weighted by molar-refractivity contribution is 3.84. The summed E-state index contributed by atoms with van der Waals surface area (Å²) < 4.78 is 0. The second-order valence-corrected chi connectivity index (χ2v) is 0.605. The van der Waals surface area contributed by atoms with Crippen LogP contribution in [-0.4, -0.2) is 18.8 Å². The molecule has 0 fully saturated rings. The Morgan fingerprint density at radius 1 is 1.83 bits per heavy atom. The number of hydrogen-bond donors (Lipinski definition) is 3. The second kappa shape index (κ2) is 20.8. The molecule has 0 saturated carbocycles. The Labute approximate surface area is 38.1 Å². The lowest BCUT2D eigenvalue weighted by Gasteiger charge is -1.62. The van der Waals surface area contributed by atoms with Crippen molar-refractivity contribution in [3.05, 3.63) is 0 Å².